The second kappa shape index (κ2) is 10.4. The summed E-state index contributed by atoms with van der Waals surface area (Å²) < 4.78 is 0. The molecule has 0 aromatic heterocycles. The fourth-order valence-electron chi connectivity index (χ4n) is 2.35. The van der Waals surface area contributed by atoms with Crippen molar-refractivity contribution in [2.24, 2.45) is 0 Å². The Kier molecular flexibility index (Phi) is 7.88. The first kappa shape index (κ1) is 18.9. The van der Waals surface area contributed by atoms with E-state index in [4.69, 9.17) is 0 Å². The third-order valence-corrected chi connectivity index (χ3v) is 4.56. The van der Waals surface area contributed by atoms with E-state index < -0.39 is 0 Å². The van der Waals surface area contributed by atoms with E-state index in [0.29, 0.717) is 6.54 Å². The summed E-state index contributed by atoms with van der Waals surface area (Å²) in [5, 5.41) is 1.84. The molecule has 0 spiro atoms. The molecule has 0 N–H and O–H groups in total. The lowest BCUT2D eigenvalue weighted by Gasteiger charge is -2.26. The van der Waals surface area contributed by atoms with Gasteiger partial charge in [0.05, 0.1) is 12.6 Å². The SMILES string of the molecule is CCC#CCN(C(=O)/C=C/Sc1ccccc1)C(C)c1ccccc1. The number of hydrogen-bond donors (Lipinski definition) is 0. The van der Waals surface area contributed by atoms with E-state index in [0.717, 1.165) is 16.9 Å². The molecule has 0 aliphatic rings. The highest BCUT2D eigenvalue weighted by atomic mass is 32.2. The molecule has 1 unspecified atom stereocenters. The predicted octanol–water partition coefficient (Wildman–Crippen LogP) is 5.30. The maximum atomic E-state index is 12.7. The average molecular weight is 349 g/mol. The zero-order valence-corrected chi connectivity index (χ0v) is 15.5. The molecular formula is C22H23NOS. The summed E-state index contributed by atoms with van der Waals surface area (Å²) >= 11 is 1.54. The molecule has 0 saturated heterocycles. The maximum Gasteiger partial charge on any atom is 0.248 e. The molecule has 0 saturated carbocycles. The molecule has 25 heavy (non-hydrogen) atoms. The number of hydrogen-bond acceptors (Lipinski definition) is 2. The highest BCUT2D eigenvalue weighted by Gasteiger charge is 2.18. The van der Waals surface area contributed by atoms with Crippen LogP contribution in [0.25, 0.3) is 0 Å². The summed E-state index contributed by atoms with van der Waals surface area (Å²) in [6.45, 7) is 4.48. The summed E-state index contributed by atoms with van der Waals surface area (Å²) in [5.41, 5.74) is 1.11. The summed E-state index contributed by atoms with van der Waals surface area (Å²) in [6.07, 6.45) is 2.42. The van der Waals surface area contributed by atoms with Gasteiger partial charge in [-0.05, 0) is 30.0 Å². The number of benzene rings is 2. The average Bonchev–Trinajstić information content (AvgIpc) is 2.66. The number of carbonyl (C=O) groups is 1. The fraction of sp³-hybridized carbons (Fsp3) is 0.227. The zero-order valence-electron chi connectivity index (χ0n) is 14.7. The number of nitrogens with zero attached hydrogens (tertiary/aromatic N) is 1. The Morgan fingerprint density at radius 2 is 1.72 bits per heavy atom. The maximum absolute atomic E-state index is 12.7. The van der Waals surface area contributed by atoms with Crippen molar-refractivity contribution in [1.29, 1.82) is 0 Å². The number of thioether (sulfide) groups is 1. The summed E-state index contributed by atoms with van der Waals surface area (Å²) in [7, 11) is 0. The lowest BCUT2D eigenvalue weighted by molar-refractivity contribution is -0.127. The van der Waals surface area contributed by atoms with E-state index >= 15 is 0 Å². The Labute approximate surface area is 154 Å². The predicted molar refractivity (Wildman–Crippen MR) is 106 cm³/mol. The van der Waals surface area contributed by atoms with Gasteiger partial charge in [0.2, 0.25) is 5.91 Å². The molecule has 128 valence electrons. The molecule has 0 radical (unpaired) electrons. The molecule has 0 bridgehead atoms. The minimum atomic E-state index is -0.0230. The van der Waals surface area contributed by atoms with Gasteiger partial charge in [0.25, 0.3) is 0 Å². The topological polar surface area (TPSA) is 20.3 Å². The lowest BCUT2D eigenvalue weighted by Crippen LogP contribution is -2.32. The number of carbonyl (C=O) groups excluding carboxylic acids is 1. The van der Waals surface area contributed by atoms with E-state index in [2.05, 4.69) is 11.8 Å². The molecule has 2 aromatic carbocycles. The first-order valence-corrected chi connectivity index (χ1v) is 9.30. The van der Waals surface area contributed by atoms with Gasteiger partial charge in [0.15, 0.2) is 0 Å². The molecule has 2 nitrogen and oxygen atoms in total. The molecule has 2 rings (SSSR count). The normalized spacial score (nSPS) is 11.6. The molecule has 0 fully saturated rings. The van der Waals surface area contributed by atoms with E-state index in [1.54, 1.807) is 11.0 Å². The molecule has 1 atom stereocenters. The molecule has 0 aliphatic heterocycles. The van der Waals surface area contributed by atoms with Gasteiger partial charge < -0.3 is 4.90 Å². The van der Waals surface area contributed by atoms with Crippen molar-refractivity contribution in [3.8, 4) is 11.8 Å². The van der Waals surface area contributed by atoms with Crippen molar-refractivity contribution < 1.29 is 4.79 Å². The van der Waals surface area contributed by atoms with Crippen molar-refractivity contribution in [3.63, 3.8) is 0 Å². The second-order valence-corrected chi connectivity index (χ2v) is 6.47. The van der Waals surface area contributed by atoms with Crippen LogP contribution < -0.4 is 0 Å². The van der Waals surface area contributed by atoms with Crippen molar-refractivity contribution in [2.75, 3.05) is 6.54 Å². The Morgan fingerprint density at radius 1 is 1.08 bits per heavy atom. The van der Waals surface area contributed by atoms with Gasteiger partial charge in [-0.25, -0.2) is 0 Å². The van der Waals surface area contributed by atoms with Crippen LogP contribution >= 0.6 is 11.8 Å². The first-order valence-electron chi connectivity index (χ1n) is 8.42. The monoisotopic (exact) mass is 349 g/mol. The lowest BCUT2D eigenvalue weighted by atomic mass is 10.1. The van der Waals surface area contributed by atoms with Gasteiger partial charge in [0.1, 0.15) is 0 Å². The van der Waals surface area contributed by atoms with Crippen LogP contribution in [0.4, 0.5) is 0 Å². The van der Waals surface area contributed by atoms with E-state index in [9.17, 15) is 4.79 Å². The van der Waals surface area contributed by atoms with Crippen LogP contribution in [0.15, 0.2) is 77.0 Å². The number of rotatable bonds is 6. The Morgan fingerprint density at radius 3 is 2.36 bits per heavy atom. The van der Waals surface area contributed by atoms with Gasteiger partial charge in [-0.15, -0.1) is 5.92 Å². The highest BCUT2D eigenvalue weighted by Crippen LogP contribution is 2.22. The molecular weight excluding hydrogens is 326 g/mol. The summed E-state index contributed by atoms with van der Waals surface area (Å²) in [5.74, 6) is 6.11. The van der Waals surface area contributed by atoms with Crippen LogP contribution in [0.5, 0.6) is 0 Å². The van der Waals surface area contributed by atoms with Crippen LogP contribution in [0.2, 0.25) is 0 Å². The molecule has 1 amide bonds. The van der Waals surface area contributed by atoms with Crippen LogP contribution in [0, 0.1) is 11.8 Å². The summed E-state index contributed by atoms with van der Waals surface area (Å²) in [6, 6.07) is 20.0. The Bertz CT molecular complexity index is 744. The van der Waals surface area contributed by atoms with Crippen molar-refractivity contribution in [1.82, 2.24) is 4.90 Å². The third kappa shape index (κ3) is 6.17. The first-order chi connectivity index (χ1) is 12.2. The highest BCUT2D eigenvalue weighted by molar-refractivity contribution is 8.02. The van der Waals surface area contributed by atoms with Crippen LogP contribution in [0.3, 0.4) is 0 Å². The van der Waals surface area contributed by atoms with E-state index in [1.807, 2.05) is 79.9 Å². The van der Waals surface area contributed by atoms with Crippen molar-refractivity contribution in [2.45, 2.75) is 31.2 Å². The minimum Gasteiger partial charge on any atom is -0.321 e. The largest absolute Gasteiger partial charge is 0.321 e. The van der Waals surface area contributed by atoms with Crippen molar-refractivity contribution >= 4 is 17.7 Å². The van der Waals surface area contributed by atoms with E-state index in [1.165, 1.54) is 11.8 Å². The third-order valence-electron chi connectivity index (χ3n) is 3.74. The molecule has 2 aromatic rings. The number of amides is 1. The molecule has 3 heteroatoms. The Hall–Kier alpha value is -2.44. The molecule has 0 heterocycles. The summed E-state index contributed by atoms with van der Waals surface area (Å²) in [4.78, 5) is 15.6. The van der Waals surface area contributed by atoms with Gasteiger partial charge in [-0.3, -0.25) is 4.79 Å². The quantitative estimate of drug-likeness (QED) is 0.401. The Balaban J connectivity index is 2.09. The van der Waals surface area contributed by atoms with Gasteiger partial charge in [-0.2, -0.15) is 0 Å². The van der Waals surface area contributed by atoms with Gasteiger partial charge in [0, 0.05) is 17.4 Å². The molecule has 0 aliphatic carbocycles. The van der Waals surface area contributed by atoms with Crippen LogP contribution in [-0.4, -0.2) is 17.4 Å². The van der Waals surface area contributed by atoms with Crippen molar-refractivity contribution in [3.05, 3.63) is 77.7 Å². The second-order valence-electron chi connectivity index (χ2n) is 5.49. The van der Waals surface area contributed by atoms with Crippen LogP contribution in [0.1, 0.15) is 31.9 Å². The van der Waals surface area contributed by atoms with E-state index in [-0.39, 0.29) is 11.9 Å². The van der Waals surface area contributed by atoms with Crippen LogP contribution in [-0.2, 0) is 4.79 Å². The van der Waals surface area contributed by atoms with Gasteiger partial charge in [-0.1, -0.05) is 73.1 Å². The minimum absolute atomic E-state index is 0.0220. The zero-order chi connectivity index (χ0) is 17.9. The fourth-order valence-corrected chi connectivity index (χ4v) is 3.00. The smallest absolute Gasteiger partial charge is 0.248 e. The standard InChI is InChI=1S/C22H23NOS/c1-3-4-11-17-23(19(2)20-12-7-5-8-13-20)22(24)16-18-25-21-14-9-6-10-15-21/h5-10,12-16,18-19H,3,17H2,1-2H3/b18-16+. The van der Waals surface area contributed by atoms with Gasteiger partial charge >= 0.3 is 0 Å².